The van der Waals surface area contributed by atoms with Crippen LogP contribution in [-0.4, -0.2) is 44.7 Å². The molecule has 9 heteroatoms. The number of carbonyl (C=O) groups excluding carboxylic acids is 3. The van der Waals surface area contributed by atoms with Gasteiger partial charge in [0.25, 0.3) is 11.8 Å². The van der Waals surface area contributed by atoms with Crippen molar-refractivity contribution in [1.29, 1.82) is 0 Å². The highest BCUT2D eigenvalue weighted by Crippen LogP contribution is 2.34. The van der Waals surface area contributed by atoms with Crippen molar-refractivity contribution in [2.75, 3.05) is 26.6 Å². The Kier molecular flexibility index (Phi) is 12.6. The zero-order valence-corrected chi connectivity index (χ0v) is 27.5. The zero-order chi connectivity index (χ0) is 33.6. The van der Waals surface area contributed by atoms with E-state index in [0.717, 1.165) is 11.1 Å². The SMILES string of the molecule is COC(=O)C/C=C/[C@H](CCc1ccccc1)[C@@](Cc1ccccc1)(NC(=O)c1c(OC)cccc1OC)C(=O)Nc1ccc(Cl)cc1. The van der Waals surface area contributed by atoms with Gasteiger partial charge in [-0.2, -0.15) is 0 Å². The van der Waals surface area contributed by atoms with Crippen LogP contribution in [0.1, 0.15) is 34.3 Å². The number of aryl methyl sites for hydroxylation is 1. The highest BCUT2D eigenvalue weighted by atomic mass is 35.5. The third kappa shape index (κ3) is 9.24. The van der Waals surface area contributed by atoms with Crippen molar-refractivity contribution >= 4 is 35.1 Å². The lowest BCUT2D eigenvalue weighted by molar-refractivity contribution is -0.139. The van der Waals surface area contributed by atoms with Gasteiger partial charge in [0, 0.05) is 23.0 Å². The highest BCUT2D eigenvalue weighted by molar-refractivity contribution is 6.30. The summed E-state index contributed by atoms with van der Waals surface area (Å²) in [7, 11) is 4.26. The molecule has 8 nitrogen and oxygen atoms in total. The van der Waals surface area contributed by atoms with E-state index in [-0.39, 0.29) is 29.9 Å². The highest BCUT2D eigenvalue weighted by Gasteiger charge is 2.46. The molecule has 4 rings (SSSR count). The Morgan fingerprint density at radius 1 is 0.787 bits per heavy atom. The summed E-state index contributed by atoms with van der Waals surface area (Å²) in [6, 6.07) is 31.1. The van der Waals surface area contributed by atoms with E-state index in [2.05, 4.69) is 10.6 Å². The smallest absolute Gasteiger partial charge is 0.309 e. The lowest BCUT2D eigenvalue weighted by Gasteiger charge is -2.40. The summed E-state index contributed by atoms with van der Waals surface area (Å²) in [6.45, 7) is 0. The predicted octanol–water partition coefficient (Wildman–Crippen LogP) is 7.08. The van der Waals surface area contributed by atoms with Crippen LogP contribution in [0.15, 0.2) is 115 Å². The van der Waals surface area contributed by atoms with Gasteiger partial charge in [-0.3, -0.25) is 14.4 Å². The number of esters is 1. The van der Waals surface area contributed by atoms with Gasteiger partial charge in [0.1, 0.15) is 22.6 Å². The first kappa shape index (κ1) is 34.8. The lowest BCUT2D eigenvalue weighted by atomic mass is 9.74. The van der Waals surface area contributed by atoms with Crippen molar-refractivity contribution in [3.63, 3.8) is 0 Å². The second-order valence-electron chi connectivity index (χ2n) is 10.9. The number of hydrogen-bond acceptors (Lipinski definition) is 6. The van der Waals surface area contributed by atoms with Gasteiger partial charge < -0.3 is 24.8 Å². The fourth-order valence-electron chi connectivity index (χ4n) is 5.49. The van der Waals surface area contributed by atoms with Crippen LogP contribution in [0.5, 0.6) is 11.5 Å². The van der Waals surface area contributed by atoms with Gasteiger partial charge in [-0.15, -0.1) is 0 Å². The number of hydrogen-bond donors (Lipinski definition) is 2. The molecule has 0 aliphatic rings. The van der Waals surface area contributed by atoms with Crippen LogP contribution in [-0.2, 0) is 27.2 Å². The van der Waals surface area contributed by atoms with Crippen molar-refractivity contribution in [1.82, 2.24) is 5.32 Å². The Morgan fingerprint density at radius 3 is 1.96 bits per heavy atom. The number of benzene rings is 4. The summed E-state index contributed by atoms with van der Waals surface area (Å²) in [5.41, 5.74) is 0.946. The number of amides is 2. The summed E-state index contributed by atoms with van der Waals surface area (Å²) in [5.74, 6) is -1.47. The summed E-state index contributed by atoms with van der Waals surface area (Å²) < 4.78 is 16.0. The van der Waals surface area contributed by atoms with E-state index in [1.807, 2.05) is 66.7 Å². The minimum Gasteiger partial charge on any atom is -0.496 e. The average molecular weight is 655 g/mol. The Morgan fingerprint density at radius 2 is 1.38 bits per heavy atom. The first-order chi connectivity index (χ1) is 22.8. The van der Waals surface area contributed by atoms with Crippen molar-refractivity contribution in [3.05, 3.63) is 137 Å². The molecular formula is C38H39ClN2O6. The number of rotatable bonds is 15. The van der Waals surface area contributed by atoms with E-state index in [0.29, 0.717) is 23.6 Å². The number of methoxy groups -OCH3 is 3. The first-order valence-corrected chi connectivity index (χ1v) is 15.6. The third-order valence-corrected chi connectivity index (χ3v) is 8.18. The number of ether oxygens (including phenoxy) is 3. The van der Waals surface area contributed by atoms with E-state index in [9.17, 15) is 14.4 Å². The van der Waals surface area contributed by atoms with Crippen LogP contribution in [0.2, 0.25) is 5.02 Å². The minimum atomic E-state index is -1.58. The molecule has 2 N–H and O–H groups in total. The maximum absolute atomic E-state index is 14.9. The summed E-state index contributed by atoms with van der Waals surface area (Å²) in [5, 5.41) is 6.71. The van der Waals surface area contributed by atoms with Gasteiger partial charge >= 0.3 is 5.97 Å². The minimum absolute atomic E-state index is 0.00711. The summed E-state index contributed by atoms with van der Waals surface area (Å²) in [4.78, 5) is 41.5. The van der Waals surface area contributed by atoms with Crippen LogP contribution in [0.25, 0.3) is 0 Å². The molecule has 0 aromatic heterocycles. The van der Waals surface area contributed by atoms with Gasteiger partial charge in [-0.1, -0.05) is 90.5 Å². The van der Waals surface area contributed by atoms with Crippen molar-refractivity contribution in [2.45, 2.75) is 31.2 Å². The molecule has 0 unspecified atom stereocenters. The Hall–Kier alpha value is -5.08. The molecule has 244 valence electrons. The first-order valence-electron chi connectivity index (χ1n) is 15.2. The average Bonchev–Trinajstić information content (AvgIpc) is 3.10. The molecule has 2 atom stereocenters. The monoisotopic (exact) mass is 654 g/mol. The molecule has 0 fully saturated rings. The molecule has 0 aliphatic carbocycles. The lowest BCUT2D eigenvalue weighted by Crippen LogP contribution is -2.62. The molecule has 0 spiro atoms. The fourth-order valence-corrected chi connectivity index (χ4v) is 5.62. The van der Waals surface area contributed by atoms with Gasteiger partial charge in [-0.25, -0.2) is 0 Å². The second kappa shape index (κ2) is 17.0. The molecule has 4 aromatic rings. The second-order valence-corrected chi connectivity index (χ2v) is 11.4. The molecule has 0 radical (unpaired) electrons. The number of carbonyl (C=O) groups is 3. The van der Waals surface area contributed by atoms with E-state index >= 15 is 0 Å². The van der Waals surface area contributed by atoms with Crippen LogP contribution >= 0.6 is 11.6 Å². The van der Waals surface area contributed by atoms with Crippen molar-refractivity contribution in [3.8, 4) is 11.5 Å². The molecule has 0 aliphatic heterocycles. The topological polar surface area (TPSA) is 103 Å². The molecule has 4 aromatic carbocycles. The number of anilines is 1. The van der Waals surface area contributed by atoms with Crippen LogP contribution in [0, 0.1) is 5.92 Å². The zero-order valence-electron chi connectivity index (χ0n) is 26.7. The van der Waals surface area contributed by atoms with Crippen LogP contribution < -0.4 is 20.1 Å². The largest absolute Gasteiger partial charge is 0.496 e. The van der Waals surface area contributed by atoms with E-state index in [1.165, 1.54) is 21.3 Å². The van der Waals surface area contributed by atoms with Crippen molar-refractivity contribution < 1.29 is 28.6 Å². The Labute approximate surface area is 280 Å². The van der Waals surface area contributed by atoms with E-state index in [4.69, 9.17) is 25.8 Å². The van der Waals surface area contributed by atoms with Gasteiger partial charge in [0.15, 0.2) is 0 Å². The molecule has 0 saturated heterocycles. The van der Waals surface area contributed by atoms with Gasteiger partial charge in [0.2, 0.25) is 0 Å². The third-order valence-electron chi connectivity index (χ3n) is 7.92. The molecular weight excluding hydrogens is 616 g/mol. The quantitative estimate of drug-likeness (QED) is 0.105. The molecule has 0 heterocycles. The summed E-state index contributed by atoms with van der Waals surface area (Å²) >= 11 is 6.14. The normalized spacial score (nSPS) is 12.9. The molecule has 2 amide bonds. The Balaban J connectivity index is 1.91. The van der Waals surface area contributed by atoms with Crippen LogP contribution in [0.4, 0.5) is 5.69 Å². The van der Waals surface area contributed by atoms with Crippen LogP contribution in [0.3, 0.4) is 0 Å². The standard InChI is InChI=1S/C38H39ClN2O6/c1-45-32-17-11-18-33(46-2)35(32)36(43)41-38(26-28-14-8-5-9-15-28,37(44)40-31-24-22-30(39)23-25-31)29(16-10-19-34(42)47-3)21-20-27-12-6-4-7-13-27/h4-18,22-25,29H,19-21,26H2,1-3H3,(H,40,44)(H,41,43)/b16-10+/t29-,38-/m1/s1. The fraction of sp³-hybridized carbons (Fsp3) is 0.237. The Bertz CT molecular complexity index is 1640. The molecule has 47 heavy (non-hydrogen) atoms. The van der Waals surface area contributed by atoms with E-state index < -0.39 is 29.2 Å². The molecule has 0 saturated carbocycles. The molecule has 0 bridgehead atoms. The van der Waals surface area contributed by atoms with E-state index in [1.54, 1.807) is 48.5 Å². The van der Waals surface area contributed by atoms with Crippen molar-refractivity contribution in [2.24, 2.45) is 5.92 Å². The maximum atomic E-state index is 14.9. The summed E-state index contributed by atoms with van der Waals surface area (Å²) in [6.07, 6.45) is 4.67. The predicted molar refractivity (Wildman–Crippen MR) is 184 cm³/mol. The maximum Gasteiger partial charge on any atom is 0.309 e. The number of halogens is 1. The number of nitrogens with one attached hydrogen (secondary N) is 2. The van der Waals surface area contributed by atoms with Gasteiger partial charge in [0.05, 0.1) is 27.8 Å². The van der Waals surface area contributed by atoms with Gasteiger partial charge in [-0.05, 0) is 60.4 Å².